The van der Waals surface area contributed by atoms with Crippen LogP contribution in [0.2, 0.25) is 0 Å². The van der Waals surface area contributed by atoms with E-state index in [1.807, 2.05) is 0 Å². The number of benzene rings is 1. The smallest absolute Gasteiger partial charge is 0.326 e. The van der Waals surface area contributed by atoms with Crippen molar-refractivity contribution in [2.24, 2.45) is 11.1 Å². The maximum atomic E-state index is 14.6. The highest BCUT2D eigenvalue weighted by Gasteiger charge is 2.56. The molecule has 1 aliphatic carbocycles. The van der Waals surface area contributed by atoms with E-state index in [1.165, 1.54) is 12.1 Å². The van der Waals surface area contributed by atoms with E-state index in [2.05, 4.69) is 35.5 Å². The maximum Gasteiger partial charge on any atom is 0.326 e. The predicted octanol–water partition coefficient (Wildman–Crippen LogP) is 2.61. The number of ether oxygens (including phenoxy) is 1. The lowest BCUT2D eigenvalue weighted by Crippen LogP contribution is -2.47. The molecular formula is C25H28FN9O2. The van der Waals surface area contributed by atoms with Gasteiger partial charge in [0, 0.05) is 30.9 Å². The molecule has 1 saturated carbocycles. The van der Waals surface area contributed by atoms with Crippen LogP contribution in [-0.4, -0.2) is 63.0 Å². The van der Waals surface area contributed by atoms with Gasteiger partial charge in [-0.25, -0.2) is 14.4 Å². The van der Waals surface area contributed by atoms with Crippen LogP contribution in [0.25, 0.3) is 21.9 Å². The van der Waals surface area contributed by atoms with Crippen LogP contribution in [0.1, 0.15) is 25.6 Å². The average molecular weight is 506 g/mol. The van der Waals surface area contributed by atoms with E-state index >= 15 is 0 Å². The highest BCUT2D eigenvalue weighted by molar-refractivity contribution is 6.14. The maximum absolute atomic E-state index is 14.6. The van der Waals surface area contributed by atoms with Gasteiger partial charge in [0.15, 0.2) is 5.75 Å². The minimum Gasteiger partial charge on any atom is -0.421 e. The third kappa shape index (κ3) is 4.06. The van der Waals surface area contributed by atoms with Crippen molar-refractivity contribution in [2.45, 2.75) is 38.8 Å². The Morgan fingerprint density at radius 1 is 1.30 bits per heavy atom. The third-order valence-electron chi connectivity index (χ3n) is 7.29. The molecule has 11 nitrogen and oxygen atoms in total. The molecule has 2 aliphatic rings. The fourth-order valence-electron chi connectivity index (χ4n) is 5.13. The number of nitrogens with two attached hydrogens (primary N) is 1. The Balaban J connectivity index is 1.47. The van der Waals surface area contributed by atoms with Crippen molar-refractivity contribution in [3.05, 3.63) is 36.2 Å². The zero-order valence-corrected chi connectivity index (χ0v) is 20.8. The number of carbonyl (C=O) groups is 1. The van der Waals surface area contributed by atoms with Crippen LogP contribution in [0.4, 0.5) is 15.9 Å². The number of rotatable bonds is 6. The molecule has 0 bridgehead atoms. The monoisotopic (exact) mass is 505 g/mol. The summed E-state index contributed by atoms with van der Waals surface area (Å²) in [7, 11) is 1.74. The van der Waals surface area contributed by atoms with Crippen molar-refractivity contribution in [3.63, 3.8) is 0 Å². The molecule has 0 radical (unpaired) electrons. The molecule has 1 amide bonds. The summed E-state index contributed by atoms with van der Waals surface area (Å²) in [5, 5.41) is 7.51. The first-order chi connectivity index (χ1) is 17.8. The molecule has 4 aromatic rings. The van der Waals surface area contributed by atoms with Crippen molar-refractivity contribution in [3.8, 4) is 11.8 Å². The Bertz CT molecular complexity index is 1510. The Labute approximate surface area is 212 Å². The molecule has 2 unspecified atom stereocenters. The van der Waals surface area contributed by atoms with Gasteiger partial charge in [-0.15, -0.1) is 0 Å². The Morgan fingerprint density at radius 2 is 2.05 bits per heavy atom. The number of nitrogens with one attached hydrogen (secondary N) is 3. The summed E-state index contributed by atoms with van der Waals surface area (Å²) in [6.07, 6.45) is 5.11. The van der Waals surface area contributed by atoms with Gasteiger partial charge in [-0.05, 0) is 38.8 Å². The number of H-pyrrole nitrogens is 1. The Hall–Kier alpha value is -4.06. The van der Waals surface area contributed by atoms with E-state index in [1.54, 1.807) is 33.3 Å². The van der Waals surface area contributed by atoms with Crippen LogP contribution in [0, 0.1) is 18.2 Å². The predicted molar refractivity (Wildman–Crippen MR) is 137 cm³/mol. The van der Waals surface area contributed by atoms with Crippen LogP contribution in [0.3, 0.4) is 0 Å². The van der Waals surface area contributed by atoms with E-state index in [0.717, 1.165) is 12.8 Å². The lowest BCUT2D eigenvalue weighted by atomic mass is 10.0. The SMILES string of the molecule is CNc1cc(F)cc2c1[nH]c1nc(Oc3cnc(C)nc3)nc(N3CC(NC(=O)C(C)N)C4(CC4)C3)c12. The van der Waals surface area contributed by atoms with Crippen molar-refractivity contribution < 1.29 is 13.9 Å². The highest BCUT2D eigenvalue weighted by Crippen LogP contribution is 2.54. The number of fused-ring (bicyclic) bond motifs is 3. The number of halogens is 1. The number of hydrogen-bond acceptors (Lipinski definition) is 9. The molecule has 1 spiro atoms. The van der Waals surface area contributed by atoms with Crippen LogP contribution < -0.4 is 26.0 Å². The number of carbonyl (C=O) groups excluding carboxylic acids is 1. The van der Waals surface area contributed by atoms with Crippen LogP contribution in [0.15, 0.2) is 24.5 Å². The van der Waals surface area contributed by atoms with E-state index in [-0.39, 0.29) is 29.2 Å². The summed E-state index contributed by atoms with van der Waals surface area (Å²) in [6, 6.07) is 2.36. The largest absolute Gasteiger partial charge is 0.421 e. The minimum atomic E-state index is -0.594. The summed E-state index contributed by atoms with van der Waals surface area (Å²) >= 11 is 0. The van der Waals surface area contributed by atoms with Gasteiger partial charge >= 0.3 is 6.01 Å². The van der Waals surface area contributed by atoms with Crippen molar-refractivity contribution >= 4 is 39.3 Å². The summed E-state index contributed by atoms with van der Waals surface area (Å²) in [5.74, 6) is 1.07. The van der Waals surface area contributed by atoms with E-state index < -0.39 is 6.04 Å². The van der Waals surface area contributed by atoms with Crippen LogP contribution >= 0.6 is 0 Å². The number of amides is 1. The van der Waals surface area contributed by atoms with Gasteiger partial charge in [-0.2, -0.15) is 9.97 Å². The first kappa shape index (κ1) is 23.3. The van der Waals surface area contributed by atoms with Crippen molar-refractivity contribution in [1.82, 2.24) is 30.2 Å². The molecule has 6 rings (SSSR count). The number of aryl methyl sites for hydroxylation is 1. The lowest BCUT2D eigenvalue weighted by Gasteiger charge is -2.20. The van der Waals surface area contributed by atoms with Crippen molar-refractivity contribution in [2.75, 3.05) is 30.4 Å². The van der Waals surface area contributed by atoms with Gasteiger partial charge in [0.1, 0.15) is 23.1 Å². The fraction of sp³-hybridized carbons (Fsp3) is 0.400. The molecule has 1 aliphatic heterocycles. The number of hydrogen-bond donors (Lipinski definition) is 4. The van der Waals surface area contributed by atoms with Gasteiger partial charge in [0.2, 0.25) is 5.91 Å². The third-order valence-corrected chi connectivity index (χ3v) is 7.29. The number of aromatic nitrogens is 5. The van der Waals surface area contributed by atoms with Crippen molar-refractivity contribution in [1.29, 1.82) is 0 Å². The zero-order valence-electron chi connectivity index (χ0n) is 20.8. The number of aromatic amines is 1. The van der Waals surface area contributed by atoms with Gasteiger partial charge in [-0.1, -0.05) is 0 Å². The molecule has 2 atom stereocenters. The molecule has 37 heavy (non-hydrogen) atoms. The first-order valence-corrected chi connectivity index (χ1v) is 12.2. The van der Waals surface area contributed by atoms with Gasteiger partial charge < -0.3 is 31.0 Å². The normalized spacial score (nSPS) is 18.9. The van der Waals surface area contributed by atoms with Crippen LogP contribution in [0.5, 0.6) is 11.8 Å². The topological polar surface area (TPSA) is 147 Å². The quantitative estimate of drug-likeness (QED) is 0.310. The molecular weight excluding hydrogens is 477 g/mol. The van der Waals surface area contributed by atoms with Gasteiger partial charge in [-0.3, -0.25) is 4.79 Å². The lowest BCUT2D eigenvalue weighted by molar-refractivity contribution is -0.122. The second-order valence-electron chi connectivity index (χ2n) is 9.97. The molecule has 4 heterocycles. The van der Waals surface area contributed by atoms with Crippen LogP contribution in [-0.2, 0) is 4.79 Å². The standard InChI is InChI=1S/C25H28FN9O2/c1-12(27)23(36)31-18-10-35(11-25(18)4-5-25)22-19-16-6-14(26)7-17(28-3)20(16)32-21(19)33-24(34-22)37-15-8-29-13(2)30-9-15/h6-9,12,18,28H,4-5,10-11,27H2,1-3H3,(H,31,36)(H,32,33,34). The molecule has 1 saturated heterocycles. The molecule has 3 aromatic heterocycles. The minimum absolute atomic E-state index is 0.0405. The number of nitrogens with zero attached hydrogens (tertiary/aromatic N) is 5. The fourth-order valence-corrected chi connectivity index (χ4v) is 5.13. The van der Waals surface area contributed by atoms with E-state index in [9.17, 15) is 9.18 Å². The Morgan fingerprint density at radius 3 is 2.73 bits per heavy atom. The van der Waals surface area contributed by atoms with E-state index in [4.69, 9.17) is 15.5 Å². The first-order valence-electron chi connectivity index (χ1n) is 12.2. The molecule has 5 N–H and O–H groups in total. The zero-order chi connectivity index (χ0) is 25.9. The Kier molecular flexibility index (Phi) is 5.37. The van der Waals surface area contributed by atoms with E-state index in [0.29, 0.717) is 58.1 Å². The second-order valence-corrected chi connectivity index (χ2v) is 9.97. The summed E-state index contributed by atoms with van der Waals surface area (Å²) in [4.78, 5) is 35.6. The highest BCUT2D eigenvalue weighted by atomic mass is 19.1. The van der Waals surface area contributed by atoms with Gasteiger partial charge in [0.25, 0.3) is 0 Å². The molecule has 2 fully saturated rings. The summed E-state index contributed by atoms with van der Waals surface area (Å²) in [5.41, 5.74) is 7.61. The summed E-state index contributed by atoms with van der Waals surface area (Å²) < 4.78 is 20.5. The van der Waals surface area contributed by atoms with Gasteiger partial charge in [0.05, 0.1) is 41.1 Å². The summed E-state index contributed by atoms with van der Waals surface area (Å²) in [6.45, 7) is 4.69. The number of anilines is 2. The second kappa shape index (κ2) is 8.51. The molecule has 192 valence electrons. The molecule has 12 heteroatoms. The average Bonchev–Trinajstić information content (AvgIpc) is 3.43. The molecule has 1 aromatic carbocycles.